The van der Waals surface area contributed by atoms with E-state index < -0.39 is 0 Å². The highest BCUT2D eigenvalue weighted by Gasteiger charge is 2.21. The van der Waals surface area contributed by atoms with E-state index in [0.717, 1.165) is 32.5 Å². The van der Waals surface area contributed by atoms with Gasteiger partial charge in [-0.05, 0) is 19.4 Å². The van der Waals surface area contributed by atoms with Gasteiger partial charge in [0.1, 0.15) is 0 Å². The zero-order valence-corrected chi connectivity index (χ0v) is 8.99. The molecule has 14 heavy (non-hydrogen) atoms. The van der Waals surface area contributed by atoms with Crippen molar-refractivity contribution in [2.24, 2.45) is 0 Å². The largest absolute Gasteiger partial charge is 0.469 e. The minimum Gasteiger partial charge on any atom is -0.469 e. The second-order valence-electron chi connectivity index (χ2n) is 3.63. The lowest BCUT2D eigenvalue weighted by Gasteiger charge is -2.14. The van der Waals surface area contributed by atoms with E-state index in [-0.39, 0.29) is 5.97 Å². The van der Waals surface area contributed by atoms with Gasteiger partial charge in [0, 0.05) is 26.6 Å². The van der Waals surface area contributed by atoms with Gasteiger partial charge in [0.15, 0.2) is 0 Å². The summed E-state index contributed by atoms with van der Waals surface area (Å²) >= 11 is 0. The van der Waals surface area contributed by atoms with Crippen LogP contribution in [0.5, 0.6) is 0 Å². The molecule has 0 aromatic carbocycles. The van der Waals surface area contributed by atoms with Crippen LogP contribution in [0.2, 0.25) is 0 Å². The number of carbonyl (C=O) groups is 1. The number of likely N-dealkylation sites (tertiary alicyclic amines) is 1. The fourth-order valence-corrected chi connectivity index (χ4v) is 1.74. The normalized spacial score (nSPS) is 22.6. The molecule has 0 saturated carbocycles. The predicted molar refractivity (Wildman–Crippen MR) is 53.1 cm³/mol. The maximum Gasteiger partial charge on any atom is 0.305 e. The molecule has 1 saturated heterocycles. The Labute approximate surface area is 85.2 Å². The lowest BCUT2D eigenvalue weighted by atomic mass is 10.3. The monoisotopic (exact) mass is 201 g/mol. The summed E-state index contributed by atoms with van der Waals surface area (Å²) < 4.78 is 9.83. The second-order valence-corrected chi connectivity index (χ2v) is 3.63. The van der Waals surface area contributed by atoms with Crippen molar-refractivity contribution >= 4 is 5.97 Å². The lowest BCUT2D eigenvalue weighted by Crippen LogP contribution is -2.24. The fourth-order valence-electron chi connectivity index (χ4n) is 1.74. The van der Waals surface area contributed by atoms with Gasteiger partial charge >= 0.3 is 5.97 Å². The maximum absolute atomic E-state index is 10.8. The molecule has 1 aliphatic heterocycles. The molecule has 0 aromatic rings. The Morgan fingerprint density at radius 2 is 2.29 bits per heavy atom. The Balaban J connectivity index is 2.05. The van der Waals surface area contributed by atoms with Crippen LogP contribution < -0.4 is 0 Å². The van der Waals surface area contributed by atoms with Gasteiger partial charge in [-0.15, -0.1) is 0 Å². The van der Waals surface area contributed by atoms with Crippen LogP contribution in [0.3, 0.4) is 0 Å². The predicted octanol–water partition coefficient (Wildman–Crippen LogP) is 0.660. The molecule has 4 heteroatoms. The molecule has 0 spiro atoms. The quantitative estimate of drug-likeness (QED) is 0.612. The molecule has 0 N–H and O–H groups in total. The number of nitrogens with zero attached hydrogens (tertiary/aromatic N) is 1. The minimum atomic E-state index is -0.118. The molecule has 1 aliphatic rings. The summed E-state index contributed by atoms with van der Waals surface area (Å²) in [6, 6.07) is 0. The number of ether oxygens (including phenoxy) is 2. The first-order valence-corrected chi connectivity index (χ1v) is 5.08. The number of hydrogen-bond donors (Lipinski definition) is 0. The van der Waals surface area contributed by atoms with Gasteiger partial charge < -0.3 is 14.4 Å². The average Bonchev–Trinajstić information content (AvgIpc) is 2.65. The van der Waals surface area contributed by atoms with Crippen molar-refractivity contribution in [3.05, 3.63) is 0 Å². The molecule has 82 valence electrons. The van der Waals surface area contributed by atoms with Crippen molar-refractivity contribution in [1.29, 1.82) is 0 Å². The number of carbonyl (C=O) groups excluding carboxylic acids is 1. The highest BCUT2D eigenvalue weighted by Crippen LogP contribution is 2.12. The van der Waals surface area contributed by atoms with Crippen LogP contribution in [0, 0.1) is 0 Å². The molecule has 0 bridgehead atoms. The molecule has 0 amide bonds. The molecule has 4 nitrogen and oxygen atoms in total. The number of esters is 1. The molecular formula is C10H19NO3. The van der Waals surface area contributed by atoms with E-state index in [9.17, 15) is 4.79 Å². The fraction of sp³-hybridized carbons (Fsp3) is 0.900. The molecule has 0 radical (unpaired) electrons. The van der Waals surface area contributed by atoms with E-state index in [1.54, 1.807) is 7.11 Å². The van der Waals surface area contributed by atoms with E-state index in [0.29, 0.717) is 12.5 Å². The van der Waals surface area contributed by atoms with Gasteiger partial charge in [-0.1, -0.05) is 0 Å². The summed E-state index contributed by atoms with van der Waals surface area (Å²) in [7, 11) is 3.18. The van der Waals surface area contributed by atoms with E-state index in [1.165, 1.54) is 7.11 Å². The standard InChI is InChI=1S/C10H19NO3/c1-13-9-5-7-11(8-9)6-3-4-10(12)14-2/h9H,3-8H2,1-2H3. The van der Waals surface area contributed by atoms with Gasteiger partial charge in [-0.25, -0.2) is 0 Å². The lowest BCUT2D eigenvalue weighted by molar-refractivity contribution is -0.140. The van der Waals surface area contributed by atoms with E-state index >= 15 is 0 Å². The van der Waals surface area contributed by atoms with E-state index in [2.05, 4.69) is 9.64 Å². The van der Waals surface area contributed by atoms with Crippen LogP contribution in [0.25, 0.3) is 0 Å². The Hall–Kier alpha value is -0.610. The van der Waals surface area contributed by atoms with E-state index in [1.807, 2.05) is 0 Å². The van der Waals surface area contributed by atoms with Crippen LogP contribution in [-0.4, -0.2) is 50.8 Å². The van der Waals surface area contributed by atoms with Crippen LogP contribution in [0.4, 0.5) is 0 Å². The smallest absolute Gasteiger partial charge is 0.305 e. The molecular weight excluding hydrogens is 182 g/mol. The summed E-state index contributed by atoms with van der Waals surface area (Å²) in [4.78, 5) is 13.2. The van der Waals surface area contributed by atoms with Crippen LogP contribution in [0.1, 0.15) is 19.3 Å². The maximum atomic E-state index is 10.8. The van der Waals surface area contributed by atoms with Gasteiger partial charge in [0.2, 0.25) is 0 Å². The first kappa shape index (κ1) is 11.5. The second kappa shape index (κ2) is 5.98. The Morgan fingerprint density at radius 3 is 2.86 bits per heavy atom. The topological polar surface area (TPSA) is 38.8 Å². The minimum absolute atomic E-state index is 0.118. The van der Waals surface area contributed by atoms with Crippen molar-refractivity contribution in [2.75, 3.05) is 33.9 Å². The molecule has 0 aliphatic carbocycles. The van der Waals surface area contributed by atoms with Crippen molar-refractivity contribution < 1.29 is 14.3 Å². The van der Waals surface area contributed by atoms with Crippen molar-refractivity contribution in [1.82, 2.24) is 4.90 Å². The Bertz CT molecular complexity index is 184. The Morgan fingerprint density at radius 1 is 1.50 bits per heavy atom. The third-order valence-electron chi connectivity index (χ3n) is 2.65. The van der Waals surface area contributed by atoms with Crippen molar-refractivity contribution in [3.63, 3.8) is 0 Å². The zero-order chi connectivity index (χ0) is 10.4. The van der Waals surface area contributed by atoms with Crippen LogP contribution in [-0.2, 0) is 14.3 Å². The van der Waals surface area contributed by atoms with Crippen LogP contribution in [0.15, 0.2) is 0 Å². The zero-order valence-electron chi connectivity index (χ0n) is 8.99. The highest BCUT2D eigenvalue weighted by molar-refractivity contribution is 5.69. The van der Waals surface area contributed by atoms with Gasteiger partial charge in [0.05, 0.1) is 13.2 Å². The van der Waals surface area contributed by atoms with Gasteiger partial charge in [0.25, 0.3) is 0 Å². The Kier molecular flexibility index (Phi) is 4.90. The molecule has 1 rings (SSSR count). The summed E-state index contributed by atoms with van der Waals surface area (Å²) in [6.45, 7) is 3.05. The number of methoxy groups -OCH3 is 2. The highest BCUT2D eigenvalue weighted by atomic mass is 16.5. The SMILES string of the molecule is COC(=O)CCCN1CCC(OC)C1. The molecule has 1 heterocycles. The summed E-state index contributed by atoms with van der Waals surface area (Å²) in [6.07, 6.45) is 2.88. The van der Waals surface area contributed by atoms with Crippen LogP contribution >= 0.6 is 0 Å². The van der Waals surface area contributed by atoms with Crippen molar-refractivity contribution in [3.8, 4) is 0 Å². The van der Waals surface area contributed by atoms with Gasteiger partial charge in [-0.3, -0.25) is 4.79 Å². The average molecular weight is 201 g/mol. The molecule has 1 unspecified atom stereocenters. The molecule has 1 fully saturated rings. The van der Waals surface area contributed by atoms with Gasteiger partial charge in [-0.2, -0.15) is 0 Å². The summed E-state index contributed by atoms with van der Waals surface area (Å²) in [5, 5.41) is 0. The summed E-state index contributed by atoms with van der Waals surface area (Å²) in [5.41, 5.74) is 0. The number of rotatable bonds is 5. The summed E-state index contributed by atoms with van der Waals surface area (Å²) in [5.74, 6) is -0.118. The molecule has 1 atom stereocenters. The number of hydrogen-bond acceptors (Lipinski definition) is 4. The molecule has 0 aromatic heterocycles. The third-order valence-corrected chi connectivity index (χ3v) is 2.65. The van der Waals surface area contributed by atoms with Crippen molar-refractivity contribution in [2.45, 2.75) is 25.4 Å². The van der Waals surface area contributed by atoms with E-state index in [4.69, 9.17) is 4.74 Å². The first-order chi connectivity index (χ1) is 6.76. The first-order valence-electron chi connectivity index (χ1n) is 5.08. The third kappa shape index (κ3) is 3.64.